The van der Waals surface area contributed by atoms with Crippen molar-refractivity contribution in [1.82, 2.24) is 20.2 Å². The second-order valence-corrected chi connectivity index (χ2v) is 5.21. The Morgan fingerprint density at radius 3 is 2.50 bits per heavy atom. The van der Waals surface area contributed by atoms with E-state index < -0.39 is 0 Å². The number of nitrogens with zero attached hydrogens (tertiary/aromatic N) is 4. The number of aromatic nitrogens is 4. The number of ketones is 1. The highest BCUT2D eigenvalue weighted by atomic mass is 35.5. The molecule has 5 nitrogen and oxygen atoms in total. The number of hydrogen-bond acceptors (Lipinski definition) is 4. The van der Waals surface area contributed by atoms with Gasteiger partial charge < -0.3 is 0 Å². The zero-order valence-electron chi connectivity index (χ0n) is 11.7. The van der Waals surface area contributed by atoms with Crippen LogP contribution in [0, 0.1) is 0 Å². The Morgan fingerprint density at radius 1 is 1.05 bits per heavy atom. The van der Waals surface area contributed by atoms with Gasteiger partial charge in [0.2, 0.25) is 0 Å². The minimum absolute atomic E-state index is 0.0752. The van der Waals surface area contributed by atoms with Crippen molar-refractivity contribution in [2.45, 2.75) is 12.8 Å². The lowest BCUT2D eigenvalue weighted by molar-refractivity contribution is 0.0982. The standard InChI is InChI=1S/C16H13ClN4O/c17-13-6-8-14(9-7-13)21-16(18-19-20-21)11-10-15(22)12-4-2-1-3-5-12/h1-9H,10-11H2. The molecule has 0 saturated heterocycles. The average Bonchev–Trinajstić information content (AvgIpc) is 3.02. The van der Waals surface area contributed by atoms with Crippen LogP contribution in [0.5, 0.6) is 0 Å². The average molecular weight is 313 g/mol. The first kappa shape index (κ1) is 14.4. The summed E-state index contributed by atoms with van der Waals surface area (Å²) in [5.41, 5.74) is 1.52. The van der Waals surface area contributed by atoms with Gasteiger partial charge in [0.05, 0.1) is 5.69 Å². The third-order valence-electron chi connectivity index (χ3n) is 3.28. The molecule has 0 radical (unpaired) electrons. The Balaban J connectivity index is 1.73. The molecule has 110 valence electrons. The molecule has 3 rings (SSSR count). The highest BCUT2D eigenvalue weighted by molar-refractivity contribution is 6.30. The van der Waals surface area contributed by atoms with Gasteiger partial charge in [0, 0.05) is 23.4 Å². The zero-order chi connectivity index (χ0) is 15.4. The van der Waals surface area contributed by atoms with Crippen molar-refractivity contribution < 1.29 is 4.79 Å². The molecule has 1 aromatic heterocycles. The lowest BCUT2D eigenvalue weighted by Gasteiger charge is -2.04. The second kappa shape index (κ2) is 6.49. The summed E-state index contributed by atoms with van der Waals surface area (Å²) in [6, 6.07) is 16.4. The highest BCUT2D eigenvalue weighted by Crippen LogP contribution is 2.14. The monoisotopic (exact) mass is 312 g/mol. The Bertz CT molecular complexity index is 768. The SMILES string of the molecule is O=C(CCc1nnnn1-c1ccc(Cl)cc1)c1ccccc1. The fraction of sp³-hybridized carbons (Fsp3) is 0.125. The van der Waals surface area contributed by atoms with E-state index in [0.29, 0.717) is 29.3 Å². The molecule has 0 atom stereocenters. The van der Waals surface area contributed by atoms with Crippen molar-refractivity contribution in [2.75, 3.05) is 0 Å². The molecular formula is C16H13ClN4O. The fourth-order valence-corrected chi connectivity index (χ4v) is 2.26. The number of carbonyl (C=O) groups is 1. The predicted molar refractivity (Wildman–Crippen MR) is 83.3 cm³/mol. The van der Waals surface area contributed by atoms with Gasteiger partial charge in [0.1, 0.15) is 0 Å². The van der Waals surface area contributed by atoms with Gasteiger partial charge in [-0.3, -0.25) is 4.79 Å². The maximum atomic E-state index is 12.1. The van der Waals surface area contributed by atoms with E-state index in [2.05, 4.69) is 15.5 Å². The fourth-order valence-electron chi connectivity index (χ4n) is 2.14. The normalized spacial score (nSPS) is 10.6. The topological polar surface area (TPSA) is 60.7 Å². The van der Waals surface area contributed by atoms with Gasteiger partial charge in [-0.2, -0.15) is 4.68 Å². The third-order valence-corrected chi connectivity index (χ3v) is 3.53. The minimum atomic E-state index is 0.0752. The van der Waals surface area contributed by atoms with Crippen molar-refractivity contribution in [3.63, 3.8) is 0 Å². The van der Waals surface area contributed by atoms with Crippen LogP contribution in [0.15, 0.2) is 54.6 Å². The largest absolute Gasteiger partial charge is 0.294 e. The minimum Gasteiger partial charge on any atom is -0.294 e. The van der Waals surface area contributed by atoms with Crippen LogP contribution in [0.1, 0.15) is 22.6 Å². The van der Waals surface area contributed by atoms with Gasteiger partial charge in [-0.25, -0.2) is 0 Å². The summed E-state index contributed by atoms with van der Waals surface area (Å²) in [7, 11) is 0. The summed E-state index contributed by atoms with van der Waals surface area (Å²) in [5.74, 6) is 0.720. The van der Waals surface area contributed by atoms with Crippen molar-refractivity contribution in [1.29, 1.82) is 0 Å². The molecule has 22 heavy (non-hydrogen) atoms. The van der Waals surface area contributed by atoms with E-state index in [-0.39, 0.29) is 5.78 Å². The van der Waals surface area contributed by atoms with Gasteiger partial charge >= 0.3 is 0 Å². The van der Waals surface area contributed by atoms with Crippen LogP contribution >= 0.6 is 11.6 Å². The Hall–Kier alpha value is -2.53. The molecule has 0 bridgehead atoms. The summed E-state index contributed by atoms with van der Waals surface area (Å²) < 4.78 is 1.62. The Kier molecular flexibility index (Phi) is 4.25. The first-order chi connectivity index (χ1) is 10.7. The number of tetrazole rings is 1. The number of hydrogen-bond donors (Lipinski definition) is 0. The number of Topliss-reactive ketones (excluding diaryl/α,β-unsaturated/α-hetero) is 1. The van der Waals surface area contributed by atoms with Gasteiger partial charge in [-0.1, -0.05) is 41.9 Å². The zero-order valence-corrected chi connectivity index (χ0v) is 12.4. The lowest BCUT2D eigenvalue weighted by atomic mass is 10.1. The smallest absolute Gasteiger partial charge is 0.163 e. The molecule has 6 heteroatoms. The van der Waals surface area contributed by atoms with Crippen LogP contribution < -0.4 is 0 Å². The number of benzene rings is 2. The van der Waals surface area contributed by atoms with Gasteiger partial charge in [-0.05, 0) is 34.7 Å². The molecule has 0 aliphatic rings. The summed E-state index contributed by atoms with van der Waals surface area (Å²) in [5, 5.41) is 12.3. The molecule has 1 heterocycles. The van der Waals surface area contributed by atoms with Crippen LogP contribution in [-0.2, 0) is 6.42 Å². The summed E-state index contributed by atoms with van der Waals surface area (Å²) in [4.78, 5) is 12.1. The molecule has 0 spiro atoms. The van der Waals surface area contributed by atoms with E-state index in [1.807, 2.05) is 42.5 Å². The number of aryl methyl sites for hydroxylation is 1. The van der Waals surface area contributed by atoms with Crippen LogP contribution in [0.3, 0.4) is 0 Å². The second-order valence-electron chi connectivity index (χ2n) is 4.77. The van der Waals surface area contributed by atoms with E-state index in [1.54, 1.807) is 16.8 Å². The van der Waals surface area contributed by atoms with Crippen molar-refractivity contribution in [3.8, 4) is 5.69 Å². The summed E-state index contributed by atoms with van der Waals surface area (Å²) in [6.07, 6.45) is 0.835. The maximum absolute atomic E-state index is 12.1. The number of rotatable bonds is 5. The van der Waals surface area contributed by atoms with E-state index >= 15 is 0 Å². The molecule has 0 fully saturated rings. The first-order valence-electron chi connectivity index (χ1n) is 6.85. The van der Waals surface area contributed by atoms with Crippen molar-refractivity contribution >= 4 is 17.4 Å². The molecular weight excluding hydrogens is 300 g/mol. The van der Waals surface area contributed by atoms with Gasteiger partial charge in [0.15, 0.2) is 11.6 Å². The van der Waals surface area contributed by atoms with Gasteiger partial charge in [-0.15, -0.1) is 5.10 Å². The lowest BCUT2D eigenvalue weighted by Crippen LogP contribution is -2.07. The maximum Gasteiger partial charge on any atom is 0.163 e. The quantitative estimate of drug-likeness (QED) is 0.679. The van der Waals surface area contributed by atoms with E-state index in [0.717, 1.165) is 5.69 Å². The molecule has 0 unspecified atom stereocenters. The first-order valence-corrected chi connectivity index (χ1v) is 7.23. The Morgan fingerprint density at radius 2 is 1.77 bits per heavy atom. The Labute approximate surface area is 132 Å². The molecule has 0 amide bonds. The van der Waals surface area contributed by atoms with Gasteiger partial charge in [0.25, 0.3) is 0 Å². The highest BCUT2D eigenvalue weighted by Gasteiger charge is 2.11. The molecule has 0 aliphatic carbocycles. The summed E-state index contributed by atoms with van der Waals surface area (Å²) in [6.45, 7) is 0. The molecule has 0 saturated carbocycles. The predicted octanol–water partition coefficient (Wildman–Crippen LogP) is 3.13. The molecule has 2 aromatic carbocycles. The van der Waals surface area contributed by atoms with E-state index in [9.17, 15) is 4.79 Å². The van der Waals surface area contributed by atoms with Crippen LogP contribution in [0.25, 0.3) is 5.69 Å². The van der Waals surface area contributed by atoms with Crippen molar-refractivity contribution in [3.05, 3.63) is 71.0 Å². The van der Waals surface area contributed by atoms with E-state index in [4.69, 9.17) is 11.6 Å². The number of halogens is 1. The molecule has 0 aliphatic heterocycles. The summed E-state index contributed by atoms with van der Waals surface area (Å²) >= 11 is 5.88. The van der Waals surface area contributed by atoms with Crippen LogP contribution in [0.2, 0.25) is 5.02 Å². The number of carbonyl (C=O) groups excluding carboxylic acids is 1. The van der Waals surface area contributed by atoms with E-state index in [1.165, 1.54) is 0 Å². The molecule has 0 N–H and O–H groups in total. The molecule has 3 aromatic rings. The van der Waals surface area contributed by atoms with Crippen molar-refractivity contribution in [2.24, 2.45) is 0 Å². The van der Waals surface area contributed by atoms with Crippen LogP contribution in [-0.4, -0.2) is 26.0 Å². The van der Waals surface area contributed by atoms with Crippen LogP contribution in [0.4, 0.5) is 0 Å². The third kappa shape index (κ3) is 3.20.